The first-order chi connectivity index (χ1) is 51.3. The van der Waals surface area contributed by atoms with E-state index in [4.69, 9.17) is 61.6 Å². The van der Waals surface area contributed by atoms with E-state index in [0.717, 1.165) is 95.5 Å². The lowest BCUT2D eigenvalue weighted by Crippen LogP contribution is -2.65. The van der Waals surface area contributed by atoms with E-state index in [0.29, 0.717) is 56.0 Å². The molecule has 5 saturated heterocycles. The van der Waals surface area contributed by atoms with Crippen molar-refractivity contribution < 1.29 is 143 Å². The largest absolute Gasteiger partial charge is 0.490 e. The van der Waals surface area contributed by atoms with Gasteiger partial charge in [-0.05, 0) is 174 Å². The summed E-state index contributed by atoms with van der Waals surface area (Å²) in [5, 5.41) is 158. The van der Waals surface area contributed by atoms with Gasteiger partial charge in [-0.25, -0.2) is 4.79 Å². The fraction of sp³-hybridized carbons (Fsp3) is 0.861. The Labute approximate surface area is 629 Å². The maximum atomic E-state index is 12.6. The van der Waals surface area contributed by atoms with Crippen molar-refractivity contribution in [3.05, 3.63) is 58.9 Å². The maximum absolute atomic E-state index is 12.6. The quantitative estimate of drug-likeness (QED) is 0.0412. The molecule has 38 atom stereocenters. The Morgan fingerprint density at radius 1 is 0.583 bits per heavy atom. The van der Waals surface area contributed by atoms with Gasteiger partial charge in [0.25, 0.3) is 0 Å². The second-order valence-electron chi connectivity index (χ2n) is 35.6. The van der Waals surface area contributed by atoms with Crippen LogP contribution in [0.5, 0.6) is 0 Å². The highest BCUT2D eigenvalue weighted by atomic mass is 16.8. The molecule has 608 valence electrons. The number of allylic oxidation sites excluding steroid dienone is 2. The predicted octanol–water partition coefficient (Wildman–Crippen LogP) is 0.692. The molecule has 0 aromatic rings. The molecule has 29 heteroatoms. The van der Waals surface area contributed by atoms with E-state index in [1.807, 2.05) is 6.92 Å². The summed E-state index contributed by atoms with van der Waals surface area (Å²) >= 11 is 0. The van der Waals surface area contributed by atoms with E-state index in [1.165, 1.54) is 16.7 Å². The molecule has 7 aliphatic heterocycles. The number of fused-ring (bicyclic) bond motifs is 7. The lowest BCUT2D eigenvalue weighted by Gasteiger charge is -2.61. The molecule has 0 aromatic carbocycles. The van der Waals surface area contributed by atoms with Crippen LogP contribution in [0.1, 0.15) is 150 Å². The number of hydrogen-bond donors (Lipinski definition) is 15. The number of methoxy groups -OCH3 is 1. The smallest absolute Gasteiger partial charge is 0.331 e. The van der Waals surface area contributed by atoms with Gasteiger partial charge in [0.1, 0.15) is 122 Å². The number of ether oxygens (including phenoxy) is 13. The third-order valence-electron chi connectivity index (χ3n) is 30.5. The van der Waals surface area contributed by atoms with Gasteiger partial charge in [-0.2, -0.15) is 0 Å². The zero-order valence-corrected chi connectivity index (χ0v) is 62.8. The number of cyclic esters (lactones) is 1. The van der Waals surface area contributed by atoms with Gasteiger partial charge in [0.05, 0.1) is 68.7 Å². The molecule has 0 amide bonds. The predicted molar refractivity (Wildman–Crippen MR) is 374 cm³/mol. The third-order valence-corrected chi connectivity index (χ3v) is 30.5. The van der Waals surface area contributed by atoms with Crippen LogP contribution >= 0.6 is 0 Å². The van der Waals surface area contributed by atoms with Crippen molar-refractivity contribution >= 4 is 5.97 Å². The first-order valence-corrected chi connectivity index (χ1v) is 39.8. The summed E-state index contributed by atoms with van der Waals surface area (Å²) in [7, 11) is 1.59. The number of rotatable bonds is 17. The molecule has 12 fully saturated rings. The molecule has 15 N–H and O–H groups in total. The molecule has 7 saturated carbocycles. The highest BCUT2D eigenvalue weighted by molar-refractivity contribution is 5.87. The molecule has 9 aliphatic carbocycles. The van der Waals surface area contributed by atoms with Gasteiger partial charge in [0, 0.05) is 41.9 Å². The van der Waals surface area contributed by atoms with Crippen LogP contribution in [0.2, 0.25) is 0 Å². The van der Waals surface area contributed by atoms with Crippen molar-refractivity contribution in [2.75, 3.05) is 46.8 Å². The van der Waals surface area contributed by atoms with Gasteiger partial charge < -0.3 is 138 Å². The van der Waals surface area contributed by atoms with E-state index in [1.54, 1.807) is 13.2 Å². The van der Waals surface area contributed by atoms with Crippen LogP contribution in [0.15, 0.2) is 58.9 Å². The van der Waals surface area contributed by atoms with Crippen LogP contribution in [0.3, 0.4) is 0 Å². The van der Waals surface area contributed by atoms with Gasteiger partial charge >= 0.3 is 5.97 Å². The Morgan fingerprint density at radius 3 is 1.94 bits per heavy atom. The second kappa shape index (κ2) is 30.2. The highest BCUT2D eigenvalue weighted by Crippen LogP contribution is 2.81. The van der Waals surface area contributed by atoms with Crippen LogP contribution < -0.4 is 0 Å². The van der Waals surface area contributed by atoms with Gasteiger partial charge in [-0.3, -0.25) is 0 Å². The Balaban J connectivity index is 0.000000175. The molecule has 7 heterocycles. The third kappa shape index (κ3) is 13.1. The first kappa shape index (κ1) is 80.1. The maximum Gasteiger partial charge on any atom is 0.331 e. The monoisotopic (exact) mass is 1530 g/mol. The molecular formula is C79H118O29. The fourth-order valence-corrected chi connectivity index (χ4v) is 24.2. The SMILES string of the molecule is C=C1C=C([C@@H]2CC[C@]3(O)C4CC=C5C[C@@H](O[C@@H]6O[C@H](CO)[C@@H](O)[C@H](O)[C@H]6OC6O[C@H](CO)[C@@H](O)[C@H](O)[C@H]6O)CC[C@]5(C)C4CC[C@]23C)CO1.COC1CC(O[C@H]2CC[C@@]3(C)C(CCC45OC46CC=C(C4=CC(=O)OC4)[C@@]6(C)CCC53)C2)OC(C)C1O[C@@H]1C[C@H](CO[C@@H]2O[C@H](CO)[C@@H](O)[C@H](O)[C@H]2O)[C@@H](O)[C@H](O)[C@H]1O. The van der Waals surface area contributed by atoms with Gasteiger partial charge in [0.2, 0.25) is 0 Å². The molecule has 11 unspecified atom stereocenters. The Morgan fingerprint density at radius 2 is 1.26 bits per heavy atom. The van der Waals surface area contributed by atoms with Crippen molar-refractivity contribution in [2.24, 2.45) is 57.2 Å². The summed E-state index contributed by atoms with van der Waals surface area (Å²) in [4.78, 5) is 12.0. The Kier molecular flexibility index (Phi) is 22.4. The summed E-state index contributed by atoms with van der Waals surface area (Å²) < 4.78 is 78.5. The molecule has 16 rings (SSSR count). The van der Waals surface area contributed by atoms with E-state index < -0.39 is 172 Å². The number of aliphatic hydroxyl groups is 15. The molecule has 0 radical (unpaired) electrons. The molecule has 0 aromatic heterocycles. The van der Waals surface area contributed by atoms with Crippen molar-refractivity contribution in [2.45, 2.75) is 320 Å². The lowest BCUT2D eigenvalue weighted by atomic mass is 9.44. The standard InChI is InChI=1S/C43H64O16.C36H54O13/c1-20-38(57-26-13-22(32(46)35(49)33(26)47)19-54-39-37(51)36(50)34(48)28(17-44)58-39)27(52-4)16-31(55-20)56-24-6-9-40(2)23(15-24)5-11-42-29(40)8-10-41(3)25(7-12-43(41,42)59-42)21-14-30(45)53-18-21;1-17-12-18(16-45-17)21-8-11-36(44)23-5-4-19-13-20(6-9-34(19,2)22(23)7-10-35(21,36)3)46-33-31(29(42)27(40)25(15-38)48-33)49-32-30(43)28(41)26(39)24(14-37)47-32/h7,14,20,22-24,26-29,31-39,44,46-51H,5-6,8-13,15-19H2,1-4H3;4,12,20-33,37-44H,1,5-11,13-16H2,2-3H3/t20?,22-,23?,24+,26-,27?,28-,29?,31?,32-,33+,34-,35+,36+,37-,38?,39-,40+,41-,42?,43?;20-,21-,22?,23?,24+,25+,26+,27+,28-,29-,30+,31+,32?,33+,34-,35+,36-/m10/s1. The first-order valence-electron chi connectivity index (χ1n) is 39.8. The van der Waals surface area contributed by atoms with Gasteiger partial charge in [-0.15, -0.1) is 0 Å². The average molecular weight is 1530 g/mol. The highest BCUT2D eigenvalue weighted by Gasteiger charge is 2.85. The number of aliphatic hydroxyl groups excluding tert-OH is 14. The molecule has 2 spiro atoms. The van der Waals surface area contributed by atoms with Crippen LogP contribution in [-0.2, 0) is 66.4 Å². The molecule has 16 aliphatic rings. The molecule has 29 nitrogen and oxygen atoms in total. The fourth-order valence-electron chi connectivity index (χ4n) is 24.2. The van der Waals surface area contributed by atoms with Crippen molar-refractivity contribution in [3.63, 3.8) is 0 Å². The van der Waals surface area contributed by atoms with Gasteiger partial charge in [0.15, 0.2) is 25.2 Å². The molecule has 108 heavy (non-hydrogen) atoms. The minimum Gasteiger partial charge on any atom is -0.490 e. The Bertz CT molecular complexity index is 3400. The zero-order valence-electron chi connectivity index (χ0n) is 62.8. The zero-order chi connectivity index (χ0) is 76.9. The summed E-state index contributed by atoms with van der Waals surface area (Å²) in [5.41, 5.74) is 3.28. The average Bonchev–Trinajstić information content (AvgIpc) is 1.46. The number of epoxide rings is 1. The number of hydrogen-bond acceptors (Lipinski definition) is 29. The van der Waals surface area contributed by atoms with Crippen LogP contribution in [0.25, 0.3) is 0 Å². The number of carbonyl (C=O) groups is 1. The molecule has 0 bridgehead atoms. The summed E-state index contributed by atoms with van der Waals surface area (Å²) in [6, 6.07) is 0. The minimum atomic E-state index is -1.74. The normalized spacial score (nSPS) is 53.6. The van der Waals surface area contributed by atoms with Crippen LogP contribution in [0, 0.1) is 57.2 Å². The number of carbonyl (C=O) groups excluding carboxylic acids is 1. The lowest BCUT2D eigenvalue weighted by molar-refractivity contribution is -0.372. The van der Waals surface area contributed by atoms with E-state index in [-0.39, 0.29) is 75.9 Å². The van der Waals surface area contributed by atoms with Crippen molar-refractivity contribution in [3.8, 4) is 0 Å². The minimum absolute atomic E-state index is 0.0186. The topological polar surface area (TPSA) is 444 Å². The second-order valence-corrected chi connectivity index (χ2v) is 35.6. The van der Waals surface area contributed by atoms with Crippen LogP contribution in [0.4, 0.5) is 0 Å². The summed E-state index contributed by atoms with van der Waals surface area (Å²) in [6.45, 7) is 14.0. The van der Waals surface area contributed by atoms with Gasteiger partial charge in [-0.1, -0.05) is 52.0 Å². The summed E-state index contributed by atoms with van der Waals surface area (Å²) in [5.74, 6) is 1.33. The Hall–Kier alpha value is -3.07. The van der Waals surface area contributed by atoms with E-state index in [9.17, 15) is 81.4 Å². The summed E-state index contributed by atoms with van der Waals surface area (Å²) in [6.07, 6.45) is -6.86. The number of esters is 1. The van der Waals surface area contributed by atoms with Crippen LogP contribution in [-0.4, -0.2) is 299 Å². The van der Waals surface area contributed by atoms with E-state index >= 15 is 0 Å². The van der Waals surface area contributed by atoms with E-state index in [2.05, 4.69) is 52.5 Å². The van der Waals surface area contributed by atoms with Crippen molar-refractivity contribution in [1.82, 2.24) is 0 Å². The van der Waals surface area contributed by atoms with Crippen molar-refractivity contribution in [1.29, 1.82) is 0 Å². The molecular weight excluding hydrogens is 1410 g/mol.